The van der Waals surface area contributed by atoms with Crippen molar-refractivity contribution < 1.29 is 0 Å². The fourth-order valence-electron chi connectivity index (χ4n) is 1.35. The third-order valence-corrected chi connectivity index (χ3v) is 2.26. The van der Waals surface area contributed by atoms with Crippen LogP contribution in [0.5, 0.6) is 0 Å². The second-order valence-corrected chi connectivity index (χ2v) is 3.20. The van der Waals surface area contributed by atoms with Crippen molar-refractivity contribution in [3.8, 4) is 0 Å². The molecule has 0 aromatic heterocycles. The van der Waals surface area contributed by atoms with Crippen molar-refractivity contribution >= 4 is 0 Å². The Morgan fingerprint density at radius 2 is 2.00 bits per heavy atom. The molecule has 1 atom stereocenters. The Kier molecular flexibility index (Phi) is 1.66. The maximum atomic E-state index is 5.99. The van der Waals surface area contributed by atoms with Gasteiger partial charge in [0.25, 0.3) is 0 Å². The van der Waals surface area contributed by atoms with Gasteiger partial charge in [0.2, 0.25) is 0 Å². The normalized spacial score (nSPS) is 19.7. The minimum absolute atomic E-state index is 0.268. The lowest BCUT2D eigenvalue weighted by Gasteiger charge is -2.08. The summed E-state index contributed by atoms with van der Waals surface area (Å²) in [5.41, 5.74) is 7.24. The molecule has 0 saturated heterocycles. The summed E-state index contributed by atoms with van der Waals surface area (Å²) in [6.07, 6.45) is 2.61. The number of hydrogen-bond acceptors (Lipinski definition) is 1. The molecule has 0 spiro atoms. The average molecular weight is 146 g/mol. The molecular weight excluding hydrogens is 134 g/mol. The van der Waals surface area contributed by atoms with Crippen molar-refractivity contribution in [3.63, 3.8) is 0 Å². The third-order valence-electron chi connectivity index (χ3n) is 2.26. The molecule has 0 amide bonds. The van der Waals surface area contributed by atoms with Crippen molar-refractivity contribution in [2.75, 3.05) is 0 Å². The SMILES string of the molecule is NC(c1cc[c]cc1)C1CC1. The smallest absolute Gasteiger partial charge is 0.0323 e. The van der Waals surface area contributed by atoms with E-state index in [-0.39, 0.29) is 6.04 Å². The molecule has 1 saturated carbocycles. The first-order valence-electron chi connectivity index (χ1n) is 4.09. The topological polar surface area (TPSA) is 26.0 Å². The Bertz CT molecular complexity index is 226. The Hall–Kier alpha value is -0.820. The van der Waals surface area contributed by atoms with Gasteiger partial charge < -0.3 is 5.73 Å². The van der Waals surface area contributed by atoms with Gasteiger partial charge in [0, 0.05) is 6.04 Å². The Labute approximate surface area is 67.2 Å². The summed E-state index contributed by atoms with van der Waals surface area (Å²) in [5, 5.41) is 0. The quantitative estimate of drug-likeness (QED) is 0.677. The molecule has 0 aliphatic heterocycles. The molecule has 1 unspecified atom stereocenters. The molecule has 1 aliphatic carbocycles. The fourth-order valence-corrected chi connectivity index (χ4v) is 1.35. The zero-order valence-electron chi connectivity index (χ0n) is 6.46. The minimum Gasteiger partial charge on any atom is -0.324 e. The molecule has 0 heterocycles. The van der Waals surface area contributed by atoms with Crippen molar-refractivity contribution in [1.82, 2.24) is 0 Å². The predicted octanol–water partition coefficient (Wildman–Crippen LogP) is 1.90. The molecule has 0 bridgehead atoms. The first-order chi connectivity index (χ1) is 5.38. The van der Waals surface area contributed by atoms with Gasteiger partial charge in [-0.15, -0.1) is 0 Å². The lowest BCUT2D eigenvalue weighted by atomic mass is 10.0. The zero-order chi connectivity index (χ0) is 7.68. The molecule has 1 nitrogen and oxygen atoms in total. The molecule has 1 radical (unpaired) electrons. The predicted molar refractivity (Wildman–Crippen MR) is 44.9 cm³/mol. The van der Waals surface area contributed by atoms with Crippen LogP contribution in [0.2, 0.25) is 0 Å². The van der Waals surface area contributed by atoms with E-state index >= 15 is 0 Å². The van der Waals surface area contributed by atoms with Gasteiger partial charge in [-0.05, 0) is 30.4 Å². The summed E-state index contributed by atoms with van der Waals surface area (Å²) in [6, 6.07) is 11.2. The third kappa shape index (κ3) is 1.43. The van der Waals surface area contributed by atoms with E-state index in [0.29, 0.717) is 0 Å². The summed E-state index contributed by atoms with van der Waals surface area (Å²) >= 11 is 0. The lowest BCUT2D eigenvalue weighted by molar-refractivity contribution is 0.633. The van der Waals surface area contributed by atoms with Crippen LogP contribution in [0.15, 0.2) is 24.3 Å². The number of rotatable bonds is 2. The van der Waals surface area contributed by atoms with Gasteiger partial charge in [-0.2, -0.15) is 0 Å². The summed E-state index contributed by atoms with van der Waals surface area (Å²) in [5.74, 6) is 0.748. The molecule has 1 aromatic carbocycles. The molecule has 11 heavy (non-hydrogen) atoms. The van der Waals surface area contributed by atoms with E-state index in [2.05, 4.69) is 18.2 Å². The monoisotopic (exact) mass is 146 g/mol. The van der Waals surface area contributed by atoms with Crippen LogP contribution in [0.3, 0.4) is 0 Å². The van der Waals surface area contributed by atoms with E-state index in [1.165, 1.54) is 18.4 Å². The van der Waals surface area contributed by atoms with Crippen molar-refractivity contribution in [3.05, 3.63) is 35.9 Å². The van der Waals surface area contributed by atoms with E-state index in [1.807, 2.05) is 12.1 Å². The molecule has 1 aliphatic rings. The first kappa shape index (κ1) is 6.86. The molecule has 57 valence electrons. The second kappa shape index (κ2) is 2.67. The van der Waals surface area contributed by atoms with E-state index in [9.17, 15) is 0 Å². The van der Waals surface area contributed by atoms with Gasteiger partial charge in [0.15, 0.2) is 0 Å². The van der Waals surface area contributed by atoms with Gasteiger partial charge in [-0.1, -0.05) is 24.3 Å². The first-order valence-corrected chi connectivity index (χ1v) is 4.09. The van der Waals surface area contributed by atoms with Crippen LogP contribution in [-0.4, -0.2) is 0 Å². The Morgan fingerprint density at radius 1 is 1.36 bits per heavy atom. The average Bonchev–Trinajstić information content (AvgIpc) is 2.87. The molecule has 1 heteroatoms. The van der Waals surface area contributed by atoms with E-state index in [4.69, 9.17) is 5.73 Å². The molecule has 2 rings (SSSR count). The number of hydrogen-bond donors (Lipinski definition) is 1. The summed E-state index contributed by atoms with van der Waals surface area (Å²) < 4.78 is 0. The number of nitrogens with two attached hydrogens (primary N) is 1. The van der Waals surface area contributed by atoms with E-state index in [1.54, 1.807) is 0 Å². The highest BCUT2D eigenvalue weighted by Gasteiger charge is 2.28. The van der Waals surface area contributed by atoms with Crippen LogP contribution in [-0.2, 0) is 0 Å². The summed E-state index contributed by atoms with van der Waals surface area (Å²) in [6.45, 7) is 0. The van der Waals surface area contributed by atoms with Gasteiger partial charge in [-0.3, -0.25) is 0 Å². The number of benzene rings is 1. The maximum absolute atomic E-state index is 5.99. The van der Waals surface area contributed by atoms with Crippen LogP contribution in [0.1, 0.15) is 24.4 Å². The molecule has 1 aromatic rings. The highest BCUT2D eigenvalue weighted by molar-refractivity contribution is 5.19. The Balaban J connectivity index is 2.15. The van der Waals surface area contributed by atoms with Crippen LogP contribution >= 0.6 is 0 Å². The molecule has 1 fully saturated rings. The summed E-state index contributed by atoms with van der Waals surface area (Å²) in [4.78, 5) is 0. The van der Waals surface area contributed by atoms with Gasteiger partial charge in [0.05, 0.1) is 0 Å². The van der Waals surface area contributed by atoms with Crippen molar-refractivity contribution in [1.29, 1.82) is 0 Å². The second-order valence-electron chi connectivity index (χ2n) is 3.20. The Morgan fingerprint density at radius 3 is 2.55 bits per heavy atom. The van der Waals surface area contributed by atoms with E-state index in [0.717, 1.165) is 5.92 Å². The minimum atomic E-state index is 0.268. The molecular formula is C10H12N. The van der Waals surface area contributed by atoms with Crippen molar-refractivity contribution in [2.45, 2.75) is 18.9 Å². The fraction of sp³-hybridized carbons (Fsp3) is 0.400. The standard InChI is InChI=1S/C10H12N/c11-10(9-6-7-9)8-4-2-1-3-5-8/h2-5,9-10H,6-7,11H2. The van der Waals surface area contributed by atoms with Crippen LogP contribution < -0.4 is 5.73 Å². The van der Waals surface area contributed by atoms with Crippen molar-refractivity contribution in [2.24, 2.45) is 11.7 Å². The largest absolute Gasteiger partial charge is 0.324 e. The maximum Gasteiger partial charge on any atom is 0.0323 e. The van der Waals surface area contributed by atoms with Crippen LogP contribution in [0.25, 0.3) is 0 Å². The highest BCUT2D eigenvalue weighted by atomic mass is 14.7. The van der Waals surface area contributed by atoms with Crippen LogP contribution in [0.4, 0.5) is 0 Å². The summed E-state index contributed by atoms with van der Waals surface area (Å²) in [7, 11) is 0. The lowest BCUT2D eigenvalue weighted by Crippen LogP contribution is -2.11. The van der Waals surface area contributed by atoms with Gasteiger partial charge in [0.1, 0.15) is 0 Å². The highest BCUT2D eigenvalue weighted by Crippen LogP contribution is 2.39. The van der Waals surface area contributed by atoms with Gasteiger partial charge >= 0.3 is 0 Å². The van der Waals surface area contributed by atoms with Gasteiger partial charge in [-0.25, -0.2) is 0 Å². The molecule has 2 N–H and O–H groups in total. The van der Waals surface area contributed by atoms with Crippen LogP contribution in [0, 0.1) is 12.0 Å². The van der Waals surface area contributed by atoms with E-state index < -0.39 is 0 Å². The zero-order valence-corrected chi connectivity index (χ0v) is 6.46.